The van der Waals surface area contributed by atoms with Crippen LogP contribution >= 0.6 is 0 Å². The van der Waals surface area contributed by atoms with Crippen molar-refractivity contribution in [2.45, 2.75) is 0 Å². The summed E-state index contributed by atoms with van der Waals surface area (Å²) in [6.07, 6.45) is 3.36. The van der Waals surface area contributed by atoms with Crippen LogP contribution in [0.25, 0.3) is 6.08 Å². The van der Waals surface area contributed by atoms with Gasteiger partial charge in [-0.25, -0.2) is 0 Å². The largest absolute Gasteiger partial charge is 0.493 e. The maximum Gasteiger partial charge on any atom is 0.246 e. The van der Waals surface area contributed by atoms with Crippen molar-refractivity contribution < 1.29 is 19.0 Å². The first-order chi connectivity index (χ1) is 11.1. The molecule has 0 bridgehead atoms. The molecule has 0 spiro atoms. The average molecular weight is 320 g/mol. The lowest BCUT2D eigenvalue weighted by Crippen LogP contribution is -2.46. The zero-order valence-corrected chi connectivity index (χ0v) is 14.2. The number of hydrogen-bond acceptors (Lipinski definition) is 5. The summed E-state index contributed by atoms with van der Waals surface area (Å²) >= 11 is 0. The standard InChI is InChI=1S/C17H24N2O4/c1-18-7-9-19(10-8-18)16(20)6-5-13-11-14(21-2)17(23-4)15(12-13)22-3/h5-6,11-12H,7-10H2,1-4H3/b6-5+. The van der Waals surface area contributed by atoms with Gasteiger partial charge in [-0.05, 0) is 30.8 Å². The van der Waals surface area contributed by atoms with E-state index in [2.05, 4.69) is 11.9 Å². The van der Waals surface area contributed by atoms with Gasteiger partial charge in [-0.15, -0.1) is 0 Å². The monoisotopic (exact) mass is 320 g/mol. The number of hydrogen-bond donors (Lipinski definition) is 0. The fourth-order valence-corrected chi connectivity index (χ4v) is 2.50. The van der Waals surface area contributed by atoms with Gasteiger partial charge < -0.3 is 24.0 Å². The Morgan fingerprint density at radius 3 is 2.04 bits per heavy atom. The van der Waals surface area contributed by atoms with Crippen molar-refractivity contribution in [2.24, 2.45) is 0 Å². The third-order valence-corrected chi connectivity index (χ3v) is 3.92. The van der Waals surface area contributed by atoms with Crippen LogP contribution in [0.3, 0.4) is 0 Å². The highest BCUT2D eigenvalue weighted by Gasteiger charge is 2.17. The number of ether oxygens (including phenoxy) is 3. The average Bonchev–Trinajstić information content (AvgIpc) is 2.59. The van der Waals surface area contributed by atoms with Crippen molar-refractivity contribution in [3.63, 3.8) is 0 Å². The molecule has 23 heavy (non-hydrogen) atoms. The molecule has 1 amide bonds. The van der Waals surface area contributed by atoms with E-state index in [1.807, 2.05) is 17.0 Å². The van der Waals surface area contributed by atoms with Crippen LogP contribution in [0.1, 0.15) is 5.56 Å². The van der Waals surface area contributed by atoms with Gasteiger partial charge in [-0.2, -0.15) is 0 Å². The fraction of sp³-hybridized carbons (Fsp3) is 0.471. The molecule has 1 aliphatic heterocycles. The smallest absolute Gasteiger partial charge is 0.246 e. The Morgan fingerprint density at radius 1 is 1.00 bits per heavy atom. The first-order valence-electron chi connectivity index (χ1n) is 7.54. The van der Waals surface area contributed by atoms with Gasteiger partial charge in [0.25, 0.3) is 0 Å². The molecule has 6 heteroatoms. The molecule has 1 heterocycles. The van der Waals surface area contributed by atoms with Crippen LogP contribution in [-0.2, 0) is 4.79 Å². The number of rotatable bonds is 5. The Kier molecular flexibility index (Phi) is 5.87. The highest BCUT2D eigenvalue weighted by atomic mass is 16.5. The molecule has 1 aliphatic rings. The predicted octanol–water partition coefficient (Wildman–Crippen LogP) is 1.50. The van der Waals surface area contributed by atoms with Gasteiger partial charge in [0.05, 0.1) is 21.3 Å². The lowest BCUT2D eigenvalue weighted by molar-refractivity contribution is -0.127. The van der Waals surface area contributed by atoms with Gasteiger partial charge in [-0.1, -0.05) is 0 Å². The lowest BCUT2D eigenvalue weighted by atomic mass is 10.1. The van der Waals surface area contributed by atoms with Gasteiger partial charge in [0.15, 0.2) is 11.5 Å². The van der Waals surface area contributed by atoms with Crippen LogP contribution in [0.15, 0.2) is 18.2 Å². The second-order valence-electron chi connectivity index (χ2n) is 5.42. The van der Waals surface area contributed by atoms with Crippen LogP contribution in [0, 0.1) is 0 Å². The number of amides is 1. The summed E-state index contributed by atoms with van der Waals surface area (Å²) < 4.78 is 15.9. The van der Waals surface area contributed by atoms with Crippen LogP contribution in [0.5, 0.6) is 17.2 Å². The van der Waals surface area contributed by atoms with Crippen LogP contribution in [0.4, 0.5) is 0 Å². The first-order valence-corrected chi connectivity index (χ1v) is 7.54. The van der Waals surface area contributed by atoms with Crippen molar-refractivity contribution >= 4 is 12.0 Å². The van der Waals surface area contributed by atoms with E-state index in [-0.39, 0.29) is 5.91 Å². The first kappa shape index (κ1) is 17.1. The molecule has 1 fully saturated rings. The SMILES string of the molecule is COc1cc(/C=C/C(=O)N2CCN(C)CC2)cc(OC)c1OC. The summed E-state index contributed by atoms with van der Waals surface area (Å²) in [4.78, 5) is 16.3. The van der Waals surface area contributed by atoms with Crippen LogP contribution in [-0.4, -0.2) is 70.3 Å². The van der Waals surface area contributed by atoms with Crippen molar-refractivity contribution in [2.75, 3.05) is 54.6 Å². The van der Waals surface area contributed by atoms with Crippen molar-refractivity contribution in [3.8, 4) is 17.2 Å². The molecule has 1 aromatic rings. The van der Waals surface area contributed by atoms with E-state index in [1.165, 1.54) is 0 Å². The van der Waals surface area contributed by atoms with E-state index < -0.39 is 0 Å². The Labute approximate surface area is 137 Å². The molecular formula is C17H24N2O4. The summed E-state index contributed by atoms with van der Waals surface area (Å²) in [5.41, 5.74) is 0.821. The topological polar surface area (TPSA) is 51.2 Å². The molecule has 0 aliphatic carbocycles. The molecule has 0 radical (unpaired) electrons. The molecule has 0 saturated carbocycles. The Balaban J connectivity index is 2.14. The molecule has 0 unspecified atom stereocenters. The fourth-order valence-electron chi connectivity index (χ4n) is 2.50. The Hall–Kier alpha value is -2.21. The summed E-state index contributed by atoms with van der Waals surface area (Å²) in [6.45, 7) is 3.33. The van der Waals surface area contributed by atoms with E-state index in [9.17, 15) is 4.79 Å². The number of carbonyl (C=O) groups is 1. The second-order valence-corrected chi connectivity index (χ2v) is 5.42. The number of piperazine rings is 1. The van der Waals surface area contributed by atoms with E-state index >= 15 is 0 Å². The summed E-state index contributed by atoms with van der Waals surface area (Å²) in [5.74, 6) is 1.70. The third kappa shape index (κ3) is 4.16. The lowest BCUT2D eigenvalue weighted by Gasteiger charge is -2.31. The maximum atomic E-state index is 12.2. The quantitative estimate of drug-likeness (QED) is 0.770. The number of methoxy groups -OCH3 is 3. The summed E-state index contributed by atoms with van der Waals surface area (Å²) in [6, 6.07) is 3.63. The van der Waals surface area contributed by atoms with E-state index in [0.29, 0.717) is 17.2 Å². The van der Waals surface area contributed by atoms with Crippen LogP contribution < -0.4 is 14.2 Å². The van der Waals surface area contributed by atoms with E-state index in [4.69, 9.17) is 14.2 Å². The Bertz CT molecular complexity index is 553. The highest BCUT2D eigenvalue weighted by Crippen LogP contribution is 2.38. The molecule has 0 aromatic heterocycles. The normalized spacial score (nSPS) is 15.7. The number of nitrogens with zero attached hydrogens (tertiary/aromatic N) is 2. The molecule has 0 atom stereocenters. The maximum absolute atomic E-state index is 12.2. The molecule has 6 nitrogen and oxygen atoms in total. The van der Waals surface area contributed by atoms with Gasteiger partial charge >= 0.3 is 0 Å². The number of likely N-dealkylation sites (N-methyl/N-ethyl adjacent to an activating group) is 1. The van der Waals surface area contributed by atoms with Crippen molar-refractivity contribution in [1.29, 1.82) is 0 Å². The van der Waals surface area contributed by atoms with Gasteiger partial charge in [-0.3, -0.25) is 4.79 Å². The molecular weight excluding hydrogens is 296 g/mol. The van der Waals surface area contributed by atoms with Crippen molar-refractivity contribution in [3.05, 3.63) is 23.8 Å². The minimum Gasteiger partial charge on any atom is -0.493 e. The third-order valence-electron chi connectivity index (χ3n) is 3.92. The van der Waals surface area contributed by atoms with Gasteiger partial charge in [0.2, 0.25) is 11.7 Å². The predicted molar refractivity (Wildman–Crippen MR) is 89.2 cm³/mol. The summed E-state index contributed by atoms with van der Waals surface area (Å²) in [7, 11) is 6.76. The van der Waals surface area contributed by atoms with Gasteiger partial charge in [0, 0.05) is 32.3 Å². The Morgan fingerprint density at radius 2 is 1.57 bits per heavy atom. The molecule has 1 saturated heterocycles. The minimum atomic E-state index is 0.0202. The minimum absolute atomic E-state index is 0.0202. The molecule has 0 N–H and O–H groups in total. The number of benzene rings is 1. The van der Waals surface area contributed by atoms with E-state index in [0.717, 1.165) is 31.7 Å². The van der Waals surface area contributed by atoms with Gasteiger partial charge in [0.1, 0.15) is 0 Å². The number of carbonyl (C=O) groups excluding carboxylic acids is 1. The second kappa shape index (κ2) is 7.87. The molecule has 126 valence electrons. The molecule has 2 rings (SSSR count). The zero-order valence-electron chi connectivity index (χ0n) is 14.2. The summed E-state index contributed by atoms with van der Waals surface area (Å²) in [5, 5.41) is 0. The van der Waals surface area contributed by atoms with Crippen molar-refractivity contribution in [1.82, 2.24) is 9.80 Å². The van der Waals surface area contributed by atoms with E-state index in [1.54, 1.807) is 33.5 Å². The zero-order chi connectivity index (χ0) is 16.8. The highest BCUT2D eigenvalue weighted by molar-refractivity contribution is 5.92. The van der Waals surface area contributed by atoms with Crippen LogP contribution in [0.2, 0.25) is 0 Å². The molecule has 1 aromatic carbocycles.